The third-order valence-corrected chi connectivity index (χ3v) is 5.78. The Labute approximate surface area is 145 Å². The summed E-state index contributed by atoms with van der Waals surface area (Å²) in [6, 6.07) is -0.287. The molecule has 0 spiro atoms. The lowest BCUT2D eigenvalue weighted by Crippen LogP contribution is -2.61. The van der Waals surface area contributed by atoms with Crippen LogP contribution >= 0.6 is 0 Å². The largest absolute Gasteiger partial charge is 0.378 e. The molecule has 0 aromatic carbocycles. The number of carbonyl (C=O) groups is 2. The van der Waals surface area contributed by atoms with E-state index in [-0.39, 0.29) is 11.9 Å². The first-order chi connectivity index (χ1) is 11.9. The van der Waals surface area contributed by atoms with E-state index in [0.717, 1.165) is 19.3 Å². The normalized spacial score (nSPS) is 32.1. The van der Waals surface area contributed by atoms with E-state index in [1.54, 1.807) is 9.80 Å². The van der Waals surface area contributed by atoms with Gasteiger partial charge in [0.15, 0.2) is 0 Å². The van der Waals surface area contributed by atoms with Gasteiger partial charge in [-0.2, -0.15) is 9.78 Å². The van der Waals surface area contributed by atoms with Gasteiger partial charge in [-0.25, -0.2) is 4.79 Å². The zero-order chi connectivity index (χ0) is 17.7. The molecule has 4 N–H and O–H groups in total. The molecule has 1 saturated carbocycles. The topological polar surface area (TPSA) is 120 Å². The first-order valence-corrected chi connectivity index (χ1v) is 8.71. The Morgan fingerprint density at radius 1 is 1.08 bits per heavy atom. The van der Waals surface area contributed by atoms with Gasteiger partial charge in [0.25, 0.3) is 5.91 Å². The molecule has 9 nitrogen and oxygen atoms in total. The van der Waals surface area contributed by atoms with Gasteiger partial charge in [-0.1, -0.05) is 0 Å². The first kappa shape index (κ1) is 16.5. The Bertz CT molecular complexity index is 682. The molecule has 1 aliphatic carbocycles. The maximum Gasteiger partial charge on any atom is 0.344 e. The molecule has 4 rings (SSSR count). The fourth-order valence-electron chi connectivity index (χ4n) is 4.19. The van der Waals surface area contributed by atoms with Gasteiger partial charge in [-0.05, 0) is 19.3 Å². The van der Waals surface area contributed by atoms with Gasteiger partial charge in [-0.15, -0.1) is 0 Å². The van der Waals surface area contributed by atoms with Gasteiger partial charge in [-0.3, -0.25) is 4.79 Å². The minimum absolute atomic E-state index is 0.133. The van der Waals surface area contributed by atoms with E-state index in [9.17, 15) is 9.59 Å². The minimum atomic E-state index is -0.526. The van der Waals surface area contributed by atoms with Crippen LogP contribution in [0.3, 0.4) is 0 Å². The fraction of sp³-hybridized carbons (Fsp3) is 0.688. The van der Waals surface area contributed by atoms with Crippen molar-refractivity contribution in [3.63, 3.8) is 0 Å². The Kier molecular flexibility index (Phi) is 3.82. The lowest BCUT2D eigenvalue weighted by molar-refractivity contribution is 0.0303. The first-order valence-electron chi connectivity index (χ1n) is 8.71. The summed E-state index contributed by atoms with van der Waals surface area (Å²) in [6.07, 6.45) is 5.57. The van der Waals surface area contributed by atoms with E-state index in [4.69, 9.17) is 16.2 Å². The molecule has 9 heteroatoms. The van der Waals surface area contributed by atoms with Crippen molar-refractivity contribution in [2.45, 2.75) is 30.3 Å². The minimum Gasteiger partial charge on any atom is -0.378 e. The van der Waals surface area contributed by atoms with Crippen molar-refractivity contribution in [3.05, 3.63) is 18.0 Å². The van der Waals surface area contributed by atoms with Crippen molar-refractivity contribution < 1.29 is 14.3 Å². The van der Waals surface area contributed by atoms with Gasteiger partial charge >= 0.3 is 6.03 Å². The predicted molar refractivity (Wildman–Crippen MR) is 89.0 cm³/mol. The molecule has 2 unspecified atom stereocenters. The summed E-state index contributed by atoms with van der Waals surface area (Å²) in [7, 11) is 0. The highest BCUT2D eigenvalue weighted by molar-refractivity contribution is 5.94. The molecule has 3 fully saturated rings. The monoisotopic (exact) mass is 348 g/mol. The zero-order valence-corrected chi connectivity index (χ0v) is 14.2. The number of nitrogens with zero attached hydrogens (tertiary/aromatic N) is 4. The number of fused-ring (bicyclic) bond motifs is 1. The number of aromatic nitrogens is 2. The standard InChI is InChI=1S/C16H24N6O3/c17-15-2-1-3-16(15,18)11-21(10-15)14(24)22-9-12(8-19-22)13(23)20-4-6-25-7-5-20/h8-9H,1-7,10-11,17-18H2. The highest BCUT2D eigenvalue weighted by Crippen LogP contribution is 2.41. The van der Waals surface area contributed by atoms with Crippen LogP contribution in [-0.2, 0) is 4.74 Å². The van der Waals surface area contributed by atoms with Gasteiger partial charge in [0.2, 0.25) is 0 Å². The van der Waals surface area contributed by atoms with E-state index in [0.29, 0.717) is 45.0 Å². The molecule has 2 amide bonds. The molecule has 2 aliphatic heterocycles. The van der Waals surface area contributed by atoms with Crippen molar-refractivity contribution in [2.24, 2.45) is 11.5 Å². The van der Waals surface area contributed by atoms with Crippen LogP contribution in [0.15, 0.2) is 12.4 Å². The maximum atomic E-state index is 12.7. The van der Waals surface area contributed by atoms with Crippen LogP contribution in [0.25, 0.3) is 0 Å². The van der Waals surface area contributed by atoms with E-state index in [1.165, 1.54) is 17.1 Å². The smallest absolute Gasteiger partial charge is 0.344 e. The van der Waals surface area contributed by atoms with Crippen LogP contribution in [0.1, 0.15) is 29.6 Å². The van der Waals surface area contributed by atoms with Crippen LogP contribution < -0.4 is 11.5 Å². The summed E-state index contributed by atoms with van der Waals surface area (Å²) in [5, 5.41) is 4.08. The van der Waals surface area contributed by atoms with E-state index >= 15 is 0 Å². The molecule has 136 valence electrons. The van der Waals surface area contributed by atoms with Crippen LogP contribution in [0.4, 0.5) is 4.79 Å². The molecule has 3 heterocycles. The predicted octanol–water partition coefficient (Wildman–Crippen LogP) is -0.782. The van der Waals surface area contributed by atoms with Crippen LogP contribution in [0.5, 0.6) is 0 Å². The lowest BCUT2D eigenvalue weighted by Gasteiger charge is -2.31. The van der Waals surface area contributed by atoms with Crippen molar-refractivity contribution in [1.82, 2.24) is 19.6 Å². The van der Waals surface area contributed by atoms with E-state index in [1.807, 2.05) is 0 Å². The number of hydrogen-bond acceptors (Lipinski definition) is 6. The van der Waals surface area contributed by atoms with Gasteiger partial charge in [0.05, 0.1) is 36.1 Å². The highest BCUT2D eigenvalue weighted by atomic mass is 16.5. The average molecular weight is 348 g/mol. The van der Waals surface area contributed by atoms with Crippen molar-refractivity contribution in [3.8, 4) is 0 Å². The Morgan fingerprint density at radius 2 is 1.72 bits per heavy atom. The Hall–Kier alpha value is -1.97. The quantitative estimate of drug-likeness (QED) is 0.687. The summed E-state index contributed by atoms with van der Waals surface area (Å²) in [4.78, 5) is 28.6. The zero-order valence-electron chi connectivity index (χ0n) is 14.2. The van der Waals surface area contributed by atoms with Crippen molar-refractivity contribution in [2.75, 3.05) is 39.4 Å². The van der Waals surface area contributed by atoms with Crippen molar-refractivity contribution >= 4 is 11.9 Å². The number of nitrogens with two attached hydrogens (primary N) is 2. The molecule has 1 aromatic rings. The molecule has 0 bridgehead atoms. The SMILES string of the molecule is NC12CCCC1(N)CN(C(=O)n1cc(C(=O)N3CCOCC3)cn1)C2. The summed E-state index contributed by atoms with van der Waals surface area (Å²) < 4.78 is 6.46. The summed E-state index contributed by atoms with van der Waals surface area (Å²) in [6.45, 7) is 3.02. The molecular weight excluding hydrogens is 324 g/mol. The summed E-state index contributed by atoms with van der Waals surface area (Å²) >= 11 is 0. The third kappa shape index (κ3) is 2.62. The number of amides is 2. The molecule has 3 aliphatic rings. The van der Waals surface area contributed by atoms with Crippen molar-refractivity contribution in [1.29, 1.82) is 0 Å². The lowest BCUT2D eigenvalue weighted by atomic mass is 9.85. The maximum absolute atomic E-state index is 12.7. The third-order valence-electron chi connectivity index (χ3n) is 5.78. The molecule has 2 saturated heterocycles. The molecule has 1 aromatic heterocycles. The fourth-order valence-corrected chi connectivity index (χ4v) is 4.19. The molecule has 0 radical (unpaired) electrons. The van der Waals surface area contributed by atoms with E-state index in [2.05, 4.69) is 5.10 Å². The molecule has 2 atom stereocenters. The summed E-state index contributed by atoms with van der Waals surface area (Å²) in [5.74, 6) is -0.133. The number of hydrogen-bond donors (Lipinski definition) is 2. The Balaban J connectivity index is 1.47. The Morgan fingerprint density at radius 3 is 2.36 bits per heavy atom. The number of rotatable bonds is 1. The number of morpholine rings is 1. The van der Waals surface area contributed by atoms with Crippen LogP contribution in [0.2, 0.25) is 0 Å². The second kappa shape index (κ2) is 5.79. The highest BCUT2D eigenvalue weighted by Gasteiger charge is 2.57. The summed E-state index contributed by atoms with van der Waals surface area (Å²) in [5.41, 5.74) is 12.2. The number of likely N-dealkylation sites (tertiary alicyclic amines) is 1. The molecule has 25 heavy (non-hydrogen) atoms. The van der Waals surface area contributed by atoms with Gasteiger partial charge in [0, 0.05) is 32.4 Å². The van der Waals surface area contributed by atoms with Gasteiger partial charge < -0.3 is 26.0 Å². The van der Waals surface area contributed by atoms with Gasteiger partial charge in [0.1, 0.15) is 0 Å². The van der Waals surface area contributed by atoms with Crippen LogP contribution in [0, 0.1) is 0 Å². The number of carbonyl (C=O) groups excluding carboxylic acids is 2. The molecular formula is C16H24N6O3. The number of ether oxygens (including phenoxy) is 1. The second-order valence-electron chi connectivity index (χ2n) is 7.38. The average Bonchev–Trinajstić information content (AvgIpc) is 3.25. The second-order valence-corrected chi connectivity index (χ2v) is 7.38. The van der Waals surface area contributed by atoms with E-state index < -0.39 is 11.1 Å². The van der Waals surface area contributed by atoms with Crippen LogP contribution in [-0.4, -0.2) is 82.0 Å².